The number of hydrogen-bond donors (Lipinski definition) is 1. The van der Waals surface area contributed by atoms with Gasteiger partial charge in [0.1, 0.15) is 5.54 Å². The molecule has 2 atom stereocenters. The van der Waals surface area contributed by atoms with Crippen LogP contribution in [0.4, 0.5) is 0 Å². The van der Waals surface area contributed by atoms with Crippen molar-refractivity contribution >= 4 is 23.4 Å². The van der Waals surface area contributed by atoms with Crippen LogP contribution in [0.15, 0.2) is 47.1 Å². The number of amides is 2. The Morgan fingerprint density at radius 2 is 1.93 bits per heavy atom. The summed E-state index contributed by atoms with van der Waals surface area (Å²) < 4.78 is 5.49. The fourth-order valence-electron chi connectivity index (χ4n) is 4.74. The Labute approximate surface area is 164 Å². The molecule has 3 aliphatic rings. The molecule has 2 saturated heterocycles. The van der Waals surface area contributed by atoms with Crippen LogP contribution in [0.3, 0.4) is 0 Å². The number of morpholine rings is 1. The van der Waals surface area contributed by atoms with Gasteiger partial charge in [0.2, 0.25) is 5.91 Å². The minimum Gasteiger partial charge on any atom is -0.379 e. The molecule has 0 saturated carbocycles. The Hall–Kier alpha value is -1.95. The van der Waals surface area contributed by atoms with Crippen molar-refractivity contribution in [3.8, 4) is 0 Å². The molecule has 1 N–H and O–H groups in total. The molecule has 1 aromatic carbocycles. The first-order valence-electron chi connectivity index (χ1n) is 9.26. The van der Waals surface area contributed by atoms with Crippen molar-refractivity contribution in [2.45, 2.75) is 25.8 Å². The maximum Gasteiger partial charge on any atom is 0.252 e. The zero-order valence-electron chi connectivity index (χ0n) is 15.5. The van der Waals surface area contributed by atoms with Crippen molar-refractivity contribution in [3.63, 3.8) is 0 Å². The summed E-state index contributed by atoms with van der Waals surface area (Å²) in [5.41, 5.74) is 2.95. The molecule has 2 amide bonds. The Kier molecular flexibility index (Phi) is 4.70. The summed E-state index contributed by atoms with van der Waals surface area (Å²) in [6.07, 6.45) is 2.68. The van der Waals surface area contributed by atoms with Crippen molar-refractivity contribution in [2.24, 2.45) is 5.92 Å². The molecule has 1 aromatic rings. The number of allylic oxidation sites excluding steroid dienone is 2. The van der Waals surface area contributed by atoms with Gasteiger partial charge in [-0.25, -0.2) is 0 Å². The first-order chi connectivity index (χ1) is 13.0. The van der Waals surface area contributed by atoms with Gasteiger partial charge in [-0.15, -0.1) is 0 Å². The number of imide groups is 1. The van der Waals surface area contributed by atoms with Crippen molar-refractivity contribution in [1.29, 1.82) is 0 Å². The third kappa shape index (κ3) is 2.76. The van der Waals surface area contributed by atoms with E-state index in [-0.39, 0.29) is 11.8 Å². The standard InChI is InChI=1S/C21H23ClN2O3/c1-13-11-16(12-15-5-3-4-6-17(15)22)14(2)21(24-7-9-27-10-8-24)18(13)19(25)23-20(21)26/h3-6,11,18H,7-10,12H2,1-2H3,(H,23,25,26). The van der Waals surface area contributed by atoms with Gasteiger partial charge in [-0.2, -0.15) is 0 Å². The lowest BCUT2D eigenvalue weighted by Crippen LogP contribution is -2.62. The topological polar surface area (TPSA) is 58.6 Å². The van der Waals surface area contributed by atoms with Crippen LogP contribution in [0.1, 0.15) is 19.4 Å². The second-order valence-electron chi connectivity index (χ2n) is 7.42. The first kappa shape index (κ1) is 18.4. The zero-order valence-corrected chi connectivity index (χ0v) is 16.3. The summed E-state index contributed by atoms with van der Waals surface area (Å²) in [6, 6.07) is 7.74. The van der Waals surface area contributed by atoms with Crippen LogP contribution in [0.25, 0.3) is 0 Å². The van der Waals surface area contributed by atoms with Crippen molar-refractivity contribution < 1.29 is 14.3 Å². The summed E-state index contributed by atoms with van der Waals surface area (Å²) in [6.45, 7) is 6.30. The Bertz CT molecular complexity index is 870. The second-order valence-corrected chi connectivity index (χ2v) is 7.83. The van der Waals surface area contributed by atoms with E-state index in [1.807, 2.05) is 38.1 Å². The number of rotatable bonds is 3. The van der Waals surface area contributed by atoms with Gasteiger partial charge in [-0.1, -0.05) is 41.4 Å². The number of carbonyl (C=O) groups is 2. The van der Waals surface area contributed by atoms with E-state index in [1.165, 1.54) is 0 Å². The van der Waals surface area contributed by atoms with Gasteiger partial charge in [-0.3, -0.25) is 19.8 Å². The maximum atomic E-state index is 13.2. The van der Waals surface area contributed by atoms with Gasteiger partial charge >= 0.3 is 0 Å². The van der Waals surface area contributed by atoms with E-state index in [9.17, 15) is 9.59 Å². The molecule has 27 heavy (non-hydrogen) atoms. The van der Waals surface area contributed by atoms with E-state index in [0.717, 1.165) is 22.3 Å². The normalized spacial score (nSPS) is 28.9. The largest absolute Gasteiger partial charge is 0.379 e. The van der Waals surface area contributed by atoms with E-state index in [0.29, 0.717) is 37.7 Å². The molecule has 2 fully saturated rings. The number of nitrogens with one attached hydrogen (secondary N) is 1. The van der Waals surface area contributed by atoms with Gasteiger partial charge in [0.25, 0.3) is 5.91 Å². The molecule has 1 aliphatic carbocycles. The summed E-state index contributed by atoms with van der Waals surface area (Å²) in [5.74, 6) is -0.921. The molecule has 2 aliphatic heterocycles. The highest BCUT2D eigenvalue weighted by atomic mass is 35.5. The number of hydrogen-bond acceptors (Lipinski definition) is 4. The average Bonchev–Trinajstić information content (AvgIpc) is 2.94. The first-order valence-corrected chi connectivity index (χ1v) is 9.64. The molecule has 0 aromatic heterocycles. The number of carbonyl (C=O) groups excluding carboxylic acids is 2. The van der Waals surface area contributed by atoms with Crippen molar-refractivity contribution in [2.75, 3.05) is 26.3 Å². The Balaban J connectivity index is 1.84. The molecular weight excluding hydrogens is 364 g/mol. The number of benzene rings is 1. The summed E-state index contributed by atoms with van der Waals surface area (Å²) in [7, 11) is 0. The predicted octanol–water partition coefficient (Wildman–Crippen LogP) is 2.50. The molecule has 6 heteroatoms. The third-order valence-corrected chi connectivity index (χ3v) is 6.39. The third-order valence-electron chi connectivity index (χ3n) is 6.02. The summed E-state index contributed by atoms with van der Waals surface area (Å²) in [4.78, 5) is 28.0. The van der Waals surface area contributed by atoms with Crippen LogP contribution in [-0.4, -0.2) is 48.6 Å². The van der Waals surface area contributed by atoms with E-state index >= 15 is 0 Å². The lowest BCUT2D eigenvalue weighted by atomic mass is 9.68. The van der Waals surface area contributed by atoms with Crippen molar-refractivity contribution in [1.82, 2.24) is 10.2 Å². The fraction of sp³-hybridized carbons (Fsp3) is 0.429. The minimum atomic E-state index is -0.962. The van der Waals surface area contributed by atoms with E-state index < -0.39 is 11.5 Å². The Morgan fingerprint density at radius 1 is 1.22 bits per heavy atom. The van der Waals surface area contributed by atoms with Gasteiger partial charge in [0, 0.05) is 18.1 Å². The molecule has 0 radical (unpaired) electrons. The van der Waals surface area contributed by atoms with Crippen LogP contribution in [-0.2, 0) is 20.7 Å². The molecule has 2 heterocycles. The molecule has 2 unspecified atom stereocenters. The zero-order chi connectivity index (χ0) is 19.2. The van der Waals surface area contributed by atoms with E-state index in [4.69, 9.17) is 16.3 Å². The van der Waals surface area contributed by atoms with E-state index in [1.54, 1.807) is 0 Å². The fourth-order valence-corrected chi connectivity index (χ4v) is 4.95. The lowest BCUT2D eigenvalue weighted by molar-refractivity contribution is -0.131. The molecular formula is C21H23ClN2O3. The predicted molar refractivity (Wildman–Crippen MR) is 103 cm³/mol. The van der Waals surface area contributed by atoms with Crippen LogP contribution in [0.2, 0.25) is 5.02 Å². The molecule has 0 spiro atoms. The molecule has 0 bridgehead atoms. The molecule has 4 rings (SSSR count). The number of ether oxygens (including phenoxy) is 1. The minimum absolute atomic E-state index is 0.212. The van der Waals surface area contributed by atoms with Crippen LogP contribution < -0.4 is 5.32 Å². The number of fused-ring (bicyclic) bond motifs is 1. The monoisotopic (exact) mass is 386 g/mol. The maximum absolute atomic E-state index is 13.2. The second kappa shape index (κ2) is 6.89. The van der Waals surface area contributed by atoms with Gasteiger partial charge in [0.15, 0.2) is 0 Å². The highest BCUT2D eigenvalue weighted by molar-refractivity contribution is 6.31. The van der Waals surface area contributed by atoms with Crippen LogP contribution >= 0.6 is 11.6 Å². The highest BCUT2D eigenvalue weighted by Gasteiger charge is 2.62. The van der Waals surface area contributed by atoms with Gasteiger partial charge in [-0.05, 0) is 43.0 Å². The molecule has 5 nitrogen and oxygen atoms in total. The summed E-state index contributed by atoms with van der Waals surface area (Å²) >= 11 is 6.37. The van der Waals surface area contributed by atoms with Crippen LogP contribution in [0, 0.1) is 5.92 Å². The van der Waals surface area contributed by atoms with Crippen LogP contribution in [0.5, 0.6) is 0 Å². The van der Waals surface area contributed by atoms with Gasteiger partial charge < -0.3 is 4.74 Å². The number of nitrogens with zero attached hydrogens (tertiary/aromatic N) is 1. The van der Waals surface area contributed by atoms with Crippen molar-refractivity contribution in [3.05, 3.63) is 57.6 Å². The SMILES string of the molecule is CC1=CC(Cc2ccccc2Cl)=C(C)C2(N3CCOCC3)C(=O)NC(=O)C12. The summed E-state index contributed by atoms with van der Waals surface area (Å²) in [5, 5.41) is 3.30. The van der Waals surface area contributed by atoms with Gasteiger partial charge in [0.05, 0.1) is 19.1 Å². The van der Waals surface area contributed by atoms with E-state index in [2.05, 4.69) is 16.3 Å². The molecule has 142 valence electrons. The smallest absolute Gasteiger partial charge is 0.252 e. The lowest BCUT2D eigenvalue weighted by Gasteiger charge is -2.47. The average molecular weight is 387 g/mol. The Morgan fingerprint density at radius 3 is 2.63 bits per heavy atom. The number of halogens is 1. The quantitative estimate of drug-likeness (QED) is 0.811. The highest BCUT2D eigenvalue weighted by Crippen LogP contribution is 2.46.